The number of rotatable bonds is 6. The minimum absolute atomic E-state index is 0.0204. The summed E-state index contributed by atoms with van der Waals surface area (Å²) in [5, 5.41) is 0. The standard InChI is InChI=1S/C32H36BrF2N3O3/c1-21-8-9-25(27(34)17-21)32(2)40-29-7-3-5-24(31(29)41-32)22-10-14-37(15-11-22)20-30-36-18-28(35)26(33)6-4-13-38(30)19-23-12-16-39-23/h3-9,17,22-23H,10-16,18-20H2,1-2H3/b6-4-,28-26-,36-30?/t23-,32-/m0/s1. The summed E-state index contributed by atoms with van der Waals surface area (Å²) >= 11 is 3.32. The van der Waals surface area contributed by atoms with Crippen molar-refractivity contribution in [3.05, 3.63) is 81.4 Å². The van der Waals surface area contributed by atoms with Gasteiger partial charge in [-0.3, -0.25) is 9.89 Å². The fraction of sp³-hybridized carbons (Fsp3) is 0.469. The van der Waals surface area contributed by atoms with Crippen LogP contribution < -0.4 is 9.47 Å². The van der Waals surface area contributed by atoms with E-state index in [2.05, 4.69) is 31.8 Å². The van der Waals surface area contributed by atoms with Crippen molar-refractivity contribution in [2.75, 3.05) is 45.9 Å². The van der Waals surface area contributed by atoms with Crippen LogP contribution in [0.25, 0.3) is 0 Å². The third-order valence-corrected chi connectivity index (χ3v) is 9.14. The van der Waals surface area contributed by atoms with Crippen molar-refractivity contribution >= 4 is 21.8 Å². The number of fused-ring (bicyclic) bond motifs is 1. The van der Waals surface area contributed by atoms with E-state index < -0.39 is 5.79 Å². The van der Waals surface area contributed by atoms with Crippen LogP contribution in [0.15, 0.2) is 63.9 Å². The summed E-state index contributed by atoms with van der Waals surface area (Å²) in [6, 6.07) is 11.1. The second kappa shape index (κ2) is 11.9. The van der Waals surface area contributed by atoms with Gasteiger partial charge in [0.2, 0.25) is 0 Å². The van der Waals surface area contributed by atoms with Gasteiger partial charge in [0.15, 0.2) is 11.5 Å². The number of nitrogens with zero attached hydrogens (tertiary/aromatic N) is 3. The van der Waals surface area contributed by atoms with E-state index in [-0.39, 0.29) is 30.2 Å². The average Bonchev–Trinajstić information content (AvgIpc) is 3.30. The van der Waals surface area contributed by atoms with Crippen LogP contribution in [0.1, 0.15) is 48.8 Å². The molecule has 41 heavy (non-hydrogen) atoms. The molecule has 0 N–H and O–H groups in total. The molecule has 0 amide bonds. The Morgan fingerprint density at radius 2 is 1.90 bits per heavy atom. The zero-order valence-corrected chi connectivity index (χ0v) is 25.1. The lowest BCUT2D eigenvalue weighted by Crippen LogP contribution is -2.48. The highest BCUT2D eigenvalue weighted by Gasteiger charge is 2.43. The Kier molecular flexibility index (Phi) is 8.21. The molecule has 4 aliphatic rings. The molecule has 6 nitrogen and oxygen atoms in total. The van der Waals surface area contributed by atoms with E-state index in [1.165, 1.54) is 6.07 Å². The van der Waals surface area contributed by atoms with Crippen molar-refractivity contribution in [3.63, 3.8) is 0 Å². The molecule has 6 rings (SSSR count). The molecule has 0 bridgehead atoms. The number of ether oxygens (including phenoxy) is 3. The molecule has 0 spiro atoms. The van der Waals surface area contributed by atoms with Crippen LogP contribution in [-0.2, 0) is 10.5 Å². The molecule has 0 saturated carbocycles. The van der Waals surface area contributed by atoms with E-state index in [9.17, 15) is 8.78 Å². The van der Waals surface area contributed by atoms with Gasteiger partial charge in [-0.25, -0.2) is 8.78 Å². The maximum Gasteiger partial charge on any atom is 0.278 e. The van der Waals surface area contributed by atoms with Crippen LogP contribution in [0.5, 0.6) is 11.5 Å². The summed E-state index contributed by atoms with van der Waals surface area (Å²) < 4.78 is 48.2. The first kappa shape index (κ1) is 28.4. The second-order valence-corrected chi connectivity index (χ2v) is 12.3. The summed E-state index contributed by atoms with van der Waals surface area (Å²) in [6.07, 6.45) is 6.86. The summed E-state index contributed by atoms with van der Waals surface area (Å²) in [7, 11) is 0. The van der Waals surface area contributed by atoms with Gasteiger partial charge in [-0.1, -0.05) is 24.3 Å². The normalized spacial score (nSPS) is 28.0. The number of hydrogen-bond acceptors (Lipinski definition) is 6. The molecule has 2 atom stereocenters. The SMILES string of the molecule is Cc1ccc([C@@]2(C)Oc3cccc(C4CCN(CC5=NC/C(F)=C(Br)\C=C/CN5C[C@@H]5CCO5)CC4)c3O2)c(F)c1. The van der Waals surface area contributed by atoms with Crippen LogP contribution in [0, 0.1) is 12.7 Å². The van der Waals surface area contributed by atoms with Crippen molar-refractivity contribution in [1.82, 2.24) is 9.80 Å². The minimum Gasteiger partial charge on any atom is -0.444 e. The van der Waals surface area contributed by atoms with Crippen LogP contribution in [0.2, 0.25) is 0 Å². The van der Waals surface area contributed by atoms with Gasteiger partial charge in [0.25, 0.3) is 5.79 Å². The molecule has 2 aromatic rings. The Morgan fingerprint density at radius 3 is 2.63 bits per heavy atom. The first-order valence-corrected chi connectivity index (χ1v) is 15.2. The van der Waals surface area contributed by atoms with Gasteiger partial charge in [-0.05, 0) is 91.0 Å². The Labute approximate surface area is 248 Å². The van der Waals surface area contributed by atoms with Crippen molar-refractivity contribution in [3.8, 4) is 11.5 Å². The number of likely N-dealkylation sites (tertiary alicyclic amines) is 1. The molecule has 2 saturated heterocycles. The summed E-state index contributed by atoms with van der Waals surface area (Å²) in [4.78, 5) is 9.34. The van der Waals surface area contributed by atoms with Gasteiger partial charge in [-0.15, -0.1) is 0 Å². The molecule has 0 aliphatic carbocycles. The molecule has 9 heteroatoms. The fourth-order valence-electron chi connectivity index (χ4n) is 5.99. The number of piperidine rings is 1. The van der Waals surface area contributed by atoms with E-state index >= 15 is 0 Å². The number of aryl methyl sites for hydroxylation is 1. The van der Waals surface area contributed by atoms with Crippen molar-refractivity contribution in [2.24, 2.45) is 4.99 Å². The molecular weight excluding hydrogens is 592 g/mol. The van der Waals surface area contributed by atoms with E-state index in [0.29, 0.717) is 34.6 Å². The number of para-hydroxylation sites is 1. The topological polar surface area (TPSA) is 46.5 Å². The lowest BCUT2D eigenvalue weighted by atomic mass is 9.88. The zero-order chi connectivity index (χ0) is 28.6. The van der Waals surface area contributed by atoms with Crippen LogP contribution in [-0.4, -0.2) is 67.6 Å². The number of aliphatic imine (C=N–C) groups is 1. The quantitative estimate of drug-likeness (QED) is 0.361. The summed E-state index contributed by atoms with van der Waals surface area (Å²) in [5.41, 5.74) is 2.34. The maximum atomic E-state index is 14.9. The molecule has 4 aliphatic heterocycles. The van der Waals surface area contributed by atoms with Gasteiger partial charge < -0.3 is 19.1 Å². The minimum atomic E-state index is -1.22. The number of benzene rings is 2. The predicted molar refractivity (Wildman–Crippen MR) is 159 cm³/mol. The fourth-order valence-corrected chi connectivity index (χ4v) is 6.30. The highest BCUT2D eigenvalue weighted by atomic mass is 79.9. The highest BCUT2D eigenvalue weighted by Crippen LogP contribution is 2.49. The molecule has 4 heterocycles. The van der Waals surface area contributed by atoms with Crippen LogP contribution in [0.3, 0.4) is 0 Å². The Bertz CT molecular complexity index is 1380. The lowest BCUT2D eigenvalue weighted by molar-refractivity contribution is -0.0712. The molecule has 0 radical (unpaired) electrons. The average molecular weight is 629 g/mol. The van der Waals surface area contributed by atoms with Crippen molar-refractivity contribution in [2.45, 2.75) is 50.9 Å². The third kappa shape index (κ3) is 6.08. The maximum absolute atomic E-state index is 14.9. The first-order valence-electron chi connectivity index (χ1n) is 14.4. The molecule has 0 unspecified atom stereocenters. The summed E-state index contributed by atoms with van der Waals surface area (Å²) in [5.74, 6) is 0.726. The number of amidine groups is 1. The monoisotopic (exact) mass is 627 g/mol. The first-order chi connectivity index (χ1) is 19.8. The van der Waals surface area contributed by atoms with Gasteiger partial charge in [0.05, 0.1) is 29.2 Å². The lowest BCUT2D eigenvalue weighted by Gasteiger charge is -2.37. The number of hydrogen-bond donors (Lipinski definition) is 0. The molecular formula is C32H36BrF2N3O3. The van der Waals surface area contributed by atoms with Gasteiger partial charge in [0, 0.05) is 32.2 Å². The largest absolute Gasteiger partial charge is 0.444 e. The summed E-state index contributed by atoms with van der Waals surface area (Å²) in [6.45, 7) is 8.29. The van der Waals surface area contributed by atoms with Gasteiger partial charge >= 0.3 is 0 Å². The third-order valence-electron chi connectivity index (χ3n) is 8.45. The van der Waals surface area contributed by atoms with Crippen molar-refractivity contribution < 1.29 is 23.0 Å². The van der Waals surface area contributed by atoms with Crippen LogP contribution in [0.4, 0.5) is 8.78 Å². The van der Waals surface area contributed by atoms with Crippen molar-refractivity contribution in [1.29, 1.82) is 0 Å². The Hall–Kier alpha value is -2.75. The van der Waals surface area contributed by atoms with E-state index in [1.807, 2.05) is 31.2 Å². The van der Waals surface area contributed by atoms with E-state index in [4.69, 9.17) is 19.2 Å². The second-order valence-electron chi connectivity index (χ2n) is 11.4. The number of halogens is 3. The predicted octanol–water partition coefficient (Wildman–Crippen LogP) is 6.59. The molecule has 2 fully saturated rings. The molecule has 0 aromatic heterocycles. The van der Waals surface area contributed by atoms with Gasteiger partial charge in [0.1, 0.15) is 17.5 Å². The zero-order valence-electron chi connectivity index (χ0n) is 23.5. The molecule has 218 valence electrons. The van der Waals surface area contributed by atoms with E-state index in [1.54, 1.807) is 19.1 Å². The van der Waals surface area contributed by atoms with Gasteiger partial charge in [-0.2, -0.15) is 0 Å². The highest BCUT2D eigenvalue weighted by molar-refractivity contribution is 9.11. The van der Waals surface area contributed by atoms with Crippen LogP contribution >= 0.6 is 15.9 Å². The Balaban J connectivity index is 1.14. The van der Waals surface area contributed by atoms with E-state index in [0.717, 1.165) is 62.5 Å². The molecule has 2 aromatic carbocycles. The smallest absolute Gasteiger partial charge is 0.278 e. The Morgan fingerprint density at radius 1 is 1.10 bits per heavy atom. The number of allylic oxidation sites excluding steroid dienone is 2.